The zero-order chi connectivity index (χ0) is 11.7. The second-order valence-electron chi connectivity index (χ2n) is 4.13. The van der Waals surface area contributed by atoms with Crippen molar-refractivity contribution in [3.8, 4) is 0 Å². The van der Waals surface area contributed by atoms with Gasteiger partial charge in [0.2, 0.25) is 0 Å². The number of hydrogen-bond donors (Lipinski definition) is 1. The van der Waals surface area contributed by atoms with Crippen molar-refractivity contribution in [2.75, 3.05) is 6.61 Å². The van der Waals surface area contributed by atoms with Crippen LogP contribution in [-0.2, 0) is 11.3 Å². The third kappa shape index (κ3) is 2.30. The molecule has 0 radical (unpaired) electrons. The van der Waals surface area contributed by atoms with E-state index in [1.54, 1.807) is 10.6 Å². The van der Waals surface area contributed by atoms with Crippen molar-refractivity contribution in [3.63, 3.8) is 0 Å². The van der Waals surface area contributed by atoms with E-state index in [-0.39, 0.29) is 6.10 Å². The molecule has 0 aliphatic carbocycles. The van der Waals surface area contributed by atoms with E-state index in [2.05, 4.69) is 15.9 Å². The van der Waals surface area contributed by atoms with Gasteiger partial charge in [-0.2, -0.15) is 0 Å². The molecule has 0 saturated carbocycles. The fraction of sp³-hybridized carbons (Fsp3) is 0.545. The number of aromatic carboxylic acids is 1. The van der Waals surface area contributed by atoms with E-state index in [0.717, 1.165) is 17.5 Å². The second-order valence-corrected chi connectivity index (χ2v) is 5.04. The van der Waals surface area contributed by atoms with Crippen LogP contribution >= 0.6 is 15.9 Å². The number of rotatable bonds is 3. The highest BCUT2D eigenvalue weighted by atomic mass is 79.9. The molecule has 0 bridgehead atoms. The summed E-state index contributed by atoms with van der Waals surface area (Å²) >= 11 is 3.30. The van der Waals surface area contributed by atoms with Crippen LogP contribution in [0.2, 0.25) is 0 Å². The van der Waals surface area contributed by atoms with Crippen LogP contribution in [-0.4, -0.2) is 28.4 Å². The molecular weight excluding hydrogens is 274 g/mol. The summed E-state index contributed by atoms with van der Waals surface area (Å²) in [4.78, 5) is 11.0. The number of nitrogens with zero attached hydrogens (tertiary/aromatic N) is 1. The Kier molecular flexibility index (Phi) is 3.35. The lowest BCUT2D eigenvalue weighted by Gasteiger charge is -2.15. The molecule has 0 spiro atoms. The zero-order valence-corrected chi connectivity index (χ0v) is 10.6. The molecule has 88 valence electrons. The molecule has 2 unspecified atom stereocenters. The van der Waals surface area contributed by atoms with Gasteiger partial charge in [-0.15, -0.1) is 0 Å². The number of carboxylic acid groups (broad SMARTS) is 1. The Bertz CT molecular complexity index is 402. The molecule has 2 heterocycles. The summed E-state index contributed by atoms with van der Waals surface area (Å²) in [6.45, 7) is 3.52. The first-order chi connectivity index (χ1) is 7.58. The topological polar surface area (TPSA) is 51.5 Å². The van der Waals surface area contributed by atoms with Gasteiger partial charge in [-0.05, 0) is 35.3 Å². The molecule has 1 saturated heterocycles. The first-order valence-corrected chi connectivity index (χ1v) is 6.08. The summed E-state index contributed by atoms with van der Waals surface area (Å²) in [5.74, 6) is -0.491. The maximum absolute atomic E-state index is 11.0. The van der Waals surface area contributed by atoms with Crippen molar-refractivity contribution in [3.05, 3.63) is 22.4 Å². The van der Waals surface area contributed by atoms with E-state index in [0.29, 0.717) is 18.2 Å². The first-order valence-electron chi connectivity index (χ1n) is 5.28. The predicted octanol–water partition coefficient (Wildman–Crippen LogP) is 2.37. The highest BCUT2D eigenvalue weighted by molar-refractivity contribution is 9.10. The molecule has 2 rings (SSSR count). The van der Waals surface area contributed by atoms with Crippen molar-refractivity contribution in [2.45, 2.75) is 26.0 Å². The fourth-order valence-corrected chi connectivity index (χ4v) is 2.54. The maximum Gasteiger partial charge on any atom is 0.352 e. The van der Waals surface area contributed by atoms with E-state index in [9.17, 15) is 4.79 Å². The molecule has 1 aliphatic heterocycles. The Balaban J connectivity index is 2.17. The average Bonchev–Trinajstić information content (AvgIpc) is 2.75. The number of halogens is 1. The summed E-state index contributed by atoms with van der Waals surface area (Å²) < 4.78 is 8.05. The molecule has 1 aromatic rings. The summed E-state index contributed by atoms with van der Waals surface area (Å²) in [6, 6.07) is 1.63. The van der Waals surface area contributed by atoms with Crippen LogP contribution in [0.15, 0.2) is 16.7 Å². The van der Waals surface area contributed by atoms with Crippen LogP contribution in [0.5, 0.6) is 0 Å². The lowest BCUT2D eigenvalue weighted by molar-refractivity contribution is 0.0679. The standard InChI is InChI=1S/C11H14BrNO3/c1-7-8(2-3-16-7)5-13-6-9(12)4-10(13)11(14)15/h4,6-8H,2-3,5H2,1H3,(H,14,15). The van der Waals surface area contributed by atoms with Gasteiger partial charge in [0.05, 0.1) is 6.10 Å². The average molecular weight is 288 g/mol. The second kappa shape index (κ2) is 4.59. The quantitative estimate of drug-likeness (QED) is 0.929. The zero-order valence-electron chi connectivity index (χ0n) is 9.02. The SMILES string of the molecule is CC1OCCC1Cn1cc(Br)cc1C(=O)O. The van der Waals surface area contributed by atoms with E-state index >= 15 is 0 Å². The van der Waals surface area contributed by atoms with Gasteiger partial charge in [-0.25, -0.2) is 4.79 Å². The highest BCUT2D eigenvalue weighted by Gasteiger charge is 2.25. The minimum Gasteiger partial charge on any atom is -0.477 e. The lowest BCUT2D eigenvalue weighted by Crippen LogP contribution is -2.19. The molecule has 16 heavy (non-hydrogen) atoms. The summed E-state index contributed by atoms with van der Waals surface area (Å²) in [6.07, 6.45) is 3.02. The fourth-order valence-electron chi connectivity index (χ4n) is 2.07. The van der Waals surface area contributed by atoms with Crippen molar-refractivity contribution < 1.29 is 14.6 Å². The van der Waals surface area contributed by atoms with E-state index in [4.69, 9.17) is 9.84 Å². The van der Waals surface area contributed by atoms with Gasteiger partial charge in [0.25, 0.3) is 0 Å². The van der Waals surface area contributed by atoms with Gasteiger partial charge in [0.15, 0.2) is 0 Å². The van der Waals surface area contributed by atoms with Crippen molar-refractivity contribution >= 4 is 21.9 Å². The smallest absolute Gasteiger partial charge is 0.352 e. The van der Waals surface area contributed by atoms with Crippen LogP contribution < -0.4 is 0 Å². The van der Waals surface area contributed by atoms with Crippen LogP contribution in [0.4, 0.5) is 0 Å². The minimum atomic E-state index is -0.891. The van der Waals surface area contributed by atoms with Gasteiger partial charge in [0.1, 0.15) is 5.69 Å². The number of carbonyl (C=O) groups is 1. The molecular formula is C11H14BrNO3. The monoisotopic (exact) mass is 287 g/mol. The Morgan fingerprint density at radius 3 is 3.06 bits per heavy atom. The minimum absolute atomic E-state index is 0.211. The Hall–Kier alpha value is -0.810. The van der Waals surface area contributed by atoms with Gasteiger partial charge < -0.3 is 14.4 Å². The van der Waals surface area contributed by atoms with Gasteiger partial charge in [0, 0.05) is 29.7 Å². The van der Waals surface area contributed by atoms with Gasteiger partial charge >= 0.3 is 5.97 Å². The Morgan fingerprint density at radius 1 is 1.75 bits per heavy atom. The normalized spacial score (nSPS) is 24.9. The van der Waals surface area contributed by atoms with Crippen molar-refractivity contribution in [2.24, 2.45) is 5.92 Å². The van der Waals surface area contributed by atoms with Crippen LogP contribution in [0.3, 0.4) is 0 Å². The molecule has 4 nitrogen and oxygen atoms in total. The molecule has 0 aromatic carbocycles. The third-order valence-electron chi connectivity index (χ3n) is 3.05. The van der Waals surface area contributed by atoms with Crippen LogP contribution in [0.25, 0.3) is 0 Å². The molecule has 5 heteroatoms. The maximum atomic E-state index is 11.0. The van der Waals surface area contributed by atoms with Crippen molar-refractivity contribution in [1.29, 1.82) is 0 Å². The molecule has 1 aromatic heterocycles. The summed E-state index contributed by atoms with van der Waals surface area (Å²) in [5, 5.41) is 9.05. The third-order valence-corrected chi connectivity index (χ3v) is 3.48. The summed E-state index contributed by atoms with van der Waals surface area (Å²) in [7, 11) is 0. The van der Waals surface area contributed by atoms with Gasteiger partial charge in [-0.3, -0.25) is 0 Å². The molecule has 1 fully saturated rings. The largest absolute Gasteiger partial charge is 0.477 e. The molecule has 2 atom stereocenters. The molecule has 1 N–H and O–H groups in total. The van der Waals surface area contributed by atoms with E-state index < -0.39 is 5.97 Å². The number of carboxylic acids is 1. The Morgan fingerprint density at radius 2 is 2.50 bits per heavy atom. The summed E-state index contributed by atoms with van der Waals surface area (Å²) in [5.41, 5.74) is 0.325. The van der Waals surface area contributed by atoms with E-state index in [1.165, 1.54) is 0 Å². The van der Waals surface area contributed by atoms with E-state index in [1.807, 2.05) is 13.1 Å². The molecule has 0 amide bonds. The lowest BCUT2D eigenvalue weighted by atomic mass is 10.0. The van der Waals surface area contributed by atoms with Crippen LogP contribution in [0.1, 0.15) is 23.8 Å². The first kappa shape index (κ1) is 11.7. The van der Waals surface area contributed by atoms with Gasteiger partial charge in [-0.1, -0.05) is 0 Å². The van der Waals surface area contributed by atoms with Crippen LogP contribution in [0, 0.1) is 5.92 Å². The molecule has 1 aliphatic rings. The number of hydrogen-bond acceptors (Lipinski definition) is 2. The number of ether oxygens (including phenoxy) is 1. The highest BCUT2D eigenvalue weighted by Crippen LogP contribution is 2.24. The van der Waals surface area contributed by atoms with Crippen molar-refractivity contribution in [1.82, 2.24) is 4.57 Å². The Labute approximate surface area is 102 Å². The number of aromatic nitrogens is 1. The predicted molar refractivity (Wildman–Crippen MR) is 62.6 cm³/mol.